The van der Waals surface area contributed by atoms with Crippen LogP contribution in [0, 0.1) is 12.7 Å². The van der Waals surface area contributed by atoms with E-state index < -0.39 is 17.8 Å². The van der Waals surface area contributed by atoms with E-state index in [9.17, 15) is 17.6 Å². The molecule has 3 nitrogen and oxygen atoms in total. The van der Waals surface area contributed by atoms with Crippen LogP contribution in [0.4, 0.5) is 29.1 Å². The Kier molecular flexibility index (Phi) is 3.80. The highest BCUT2D eigenvalue weighted by atomic mass is 35.5. The summed E-state index contributed by atoms with van der Waals surface area (Å²) >= 11 is 5.52. The van der Waals surface area contributed by atoms with Crippen molar-refractivity contribution in [2.24, 2.45) is 0 Å². The molecule has 0 aliphatic rings. The van der Waals surface area contributed by atoms with Gasteiger partial charge in [0, 0.05) is 6.07 Å². The molecule has 0 saturated heterocycles. The molecule has 0 unspecified atom stereocenters. The fourth-order valence-corrected chi connectivity index (χ4v) is 1.71. The van der Waals surface area contributed by atoms with Crippen molar-refractivity contribution >= 4 is 23.1 Å². The summed E-state index contributed by atoms with van der Waals surface area (Å²) in [4.78, 5) is 6.37. The van der Waals surface area contributed by atoms with Crippen molar-refractivity contribution in [1.29, 1.82) is 0 Å². The van der Waals surface area contributed by atoms with Crippen LogP contribution in [0.3, 0.4) is 0 Å². The van der Waals surface area contributed by atoms with E-state index in [-0.39, 0.29) is 16.7 Å². The average molecular weight is 306 g/mol. The standard InChI is InChI=1S/C12H8ClF4N3/c1-6-3-2-4-7(14)10(6)19-9-5-8(13)18-11(20-9)12(15,16)17/h2-5H,1H3,(H,18,19,20). The molecule has 0 fully saturated rings. The highest BCUT2D eigenvalue weighted by Crippen LogP contribution is 2.30. The van der Waals surface area contributed by atoms with Gasteiger partial charge in [0.05, 0.1) is 5.69 Å². The van der Waals surface area contributed by atoms with Gasteiger partial charge in [-0.3, -0.25) is 0 Å². The second kappa shape index (κ2) is 5.24. The number of hydrogen-bond donors (Lipinski definition) is 1. The second-order valence-corrected chi connectivity index (χ2v) is 4.34. The smallest absolute Gasteiger partial charge is 0.337 e. The van der Waals surface area contributed by atoms with E-state index in [1.165, 1.54) is 12.1 Å². The molecular formula is C12H8ClF4N3. The maximum absolute atomic E-state index is 13.6. The summed E-state index contributed by atoms with van der Waals surface area (Å²) in [6.07, 6.45) is -4.73. The number of hydrogen-bond acceptors (Lipinski definition) is 3. The van der Waals surface area contributed by atoms with E-state index in [0.717, 1.165) is 6.07 Å². The van der Waals surface area contributed by atoms with Gasteiger partial charge < -0.3 is 5.32 Å². The fraction of sp³-hybridized carbons (Fsp3) is 0.167. The van der Waals surface area contributed by atoms with Crippen LogP contribution in [-0.2, 0) is 6.18 Å². The lowest BCUT2D eigenvalue weighted by Crippen LogP contribution is -2.12. The van der Waals surface area contributed by atoms with Gasteiger partial charge >= 0.3 is 6.18 Å². The maximum Gasteiger partial charge on any atom is 0.451 e. The largest absolute Gasteiger partial charge is 0.451 e. The van der Waals surface area contributed by atoms with Gasteiger partial charge in [-0.15, -0.1) is 0 Å². The molecule has 1 aromatic heterocycles. The molecule has 1 heterocycles. The predicted octanol–water partition coefficient (Wildman–Crippen LogP) is 4.34. The minimum atomic E-state index is -4.73. The molecule has 0 spiro atoms. The van der Waals surface area contributed by atoms with Crippen molar-refractivity contribution in [1.82, 2.24) is 9.97 Å². The van der Waals surface area contributed by atoms with Gasteiger partial charge in [0.15, 0.2) is 0 Å². The Morgan fingerprint density at radius 3 is 2.50 bits per heavy atom. The van der Waals surface area contributed by atoms with Crippen LogP contribution >= 0.6 is 11.6 Å². The maximum atomic E-state index is 13.6. The van der Waals surface area contributed by atoms with Crippen LogP contribution in [-0.4, -0.2) is 9.97 Å². The fourth-order valence-electron chi connectivity index (χ4n) is 1.53. The third kappa shape index (κ3) is 3.16. The SMILES string of the molecule is Cc1cccc(F)c1Nc1cc(Cl)nc(C(F)(F)F)n1. The van der Waals surface area contributed by atoms with E-state index in [1.54, 1.807) is 13.0 Å². The normalized spacial score (nSPS) is 11.5. The van der Waals surface area contributed by atoms with Crippen molar-refractivity contribution in [2.75, 3.05) is 5.32 Å². The van der Waals surface area contributed by atoms with Crippen molar-refractivity contribution in [3.8, 4) is 0 Å². The molecule has 1 N–H and O–H groups in total. The molecule has 0 saturated carbocycles. The zero-order valence-electron chi connectivity index (χ0n) is 10.1. The quantitative estimate of drug-likeness (QED) is 0.662. The number of nitrogens with zero attached hydrogens (tertiary/aromatic N) is 2. The zero-order valence-corrected chi connectivity index (χ0v) is 10.8. The third-order valence-corrected chi connectivity index (χ3v) is 2.62. The Hall–Kier alpha value is -1.89. The molecule has 8 heteroatoms. The lowest BCUT2D eigenvalue weighted by Gasteiger charge is -2.12. The summed E-state index contributed by atoms with van der Waals surface area (Å²) in [7, 11) is 0. The van der Waals surface area contributed by atoms with Crippen molar-refractivity contribution in [2.45, 2.75) is 13.1 Å². The van der Waals surface area contributed by atoms with Gasteiger partial charge in [-0.05, 0) is 18.6 Å². The number of anilines is 2. The number of alkyl halides is 3. The zero-order chi connectivity index (χ0) is 14.9. The molecule has 0 amide bonds. The van der Waals surface area contributed by atoms with Crippen molar-refractivity contribution in [3.63, 3.8) is 0 Å². The Balaban J connectivity index is 2.42. The first-order chi connectivity index (χ1) is 9.27. The molecule has 0 aliphatic carbocycles. The van der Waals surface area contributed by atoms with Crippen LogP contribution < -0.4 is 5.32 Å². The Labute approximate surface area is 116 Å². The summed E-state index contributed by atoms with van der Waals surface area (Å²) in [5, 5.41) is 2.10. The summed E-state index contributed by atoms with van der Waals surface area (Å²) in [5.74, 6) is -2.22. The van der Waals surface area contributed by atoms with Crippen LogP contribution in [0.25, 0.3) is 0 Å². The number of nitrogens with one attached hydrogen (secondary N) is 1. The van der Waals surface area contributed by atoms with Crippen LogP contribution in [0.1, 0.15) is 11.4 Å². The number of rotatable bonds is 2. The van der Waals surface area contributed by atoms with Crippen LogP contribution in [0.2, 0.25) is 5.15 Å². The van der Waals surface area contributed by atoms with Gasteiger partial charge in [0.2, 0.25) is 5.82 Å². The van der Waals surface area contributed by atoms with Gasteiger partial charge in [-0.1, -0.05) is 23.7 Å². The number of para-hydroxylation sites is 1. The molecule has 0 radical (unpaired) electrons. The first-order valence-corrected chi connectivity index (χ1v) is 5.79. The monoisotopic (exact) mass is 305 g/mol. The molecule has 0 aliphatic heterocycles. The Bertz CT molecular complexity index is 623. The first kappa shape index (κ1) is 14.5. The van der Waals surface area contributed by atoms with Gasteiger partial charge in [0.1, 0.15) is 16.8 Å². The number of halogens is 5. The van der Waals surface area contributed by atoms with E-state index in [4.69, 9.17) is 11.6 Å². The molecule has 2 rings (SSSR count). The lowest BCUT2D eigenvalue weighted by molar-refractivity contribution is -0.144. The predicted molar refractivity (Wildman–Crippen MR) is 66.5 cm³/mol. The first-order valence-electron chi connectivity index (χ1n) is 5.41. The summed E-state index contributed by atoms with van der Waals surface area (Å²) < 4.78 is 51.3. The highest BCUT2D eigenvalue weighted by molar-refractivity contribution is 6.29. The minimum Gasteiger partial charge on any atom is -0.337 e. The van der Waals surface area contributed by atoms with E-state index in [2.05, 4.69) is 15.3 Å². The van der Waals surface area contributed by atoms with Crippen LogP contribution in [0.15, 0.2) is 24.3 Å². The topological polar surface area (TPSA) is 37.8 Å². The number of benzene rings is 1. The molecular weight excluding hydrogens is 298 g/mol. The summed E-state index contributed by atoms with van der Waals surface area (Å²) in [6, 6.07) is 5.37. The Morgan fingerprint density at radius 1 is 1.20 bits per heavy atom. The molecule has 2 aromatic rings. The number of aryl methyl sites for hydroxylation is 1. The van der Waals surface area contributed by atoms with Gasteiger partial charge in [-0.25, -0.2) is 14.4 Å². The van der Waals surface area contributed by atoms with E-state index in [0.29, 0.717) is 5.56 Å². The van der Waals surface area contributed by atoms with Crippen molar-refractivity contribution < 1.29 is 17.6 Å². The molecule has 0 bridgehead atoms. The Morgan fingerprint density at radius 2 is 1.90 bits per heavy atom. The molecule has 106 valence electrons. The molecule has 1 aromatic carbocycles. The lowest BCUT2D eigenvalue weighted by atomic mass is 10.2. The minimum absolute atomic E-state index is 0.0374. The third-order valence-electron chi connectivity index (χ3n) is 2.42. The van der Waals surface area contributed by atoms with Gasteiger partial charge in [-0.2, -0.15) is 13.2 Å². The van der Waals surface area contributed by atoms with Crippen molar-refractivity contribution in [3.05, 3.63) is 46.6 Å². The second-order valence-electron chi connectivity index (χ2n) is 3.95. The highest BCUT2D eigenvalue weighted by Gasteiger charge is 2.35. The average Bonchev–Trinajstić information content (AvgIpc) is 2.32. The number of aromatic nitrogens is 2. The molecule has 0 atom stereocenters. The van der Waals surface area contributed by atoms with Crippen LogP contribution in [0.5, 0.6) is 0 Å². The van der Waals surface area contributed by atoms with E-state index in [1.807, 2.05) is 0 Å². The molecule has 20 heavy (non-hydrogen) atoms. The summed E-state index contributed by atoms with van der Waals surface area (Å²) in [6.45, 7) is 1.61. The summed E-state index contributed by atoms with van der Waals surface area (Å²) in [5.41, 5.74) is 0.559. The van der Waals surface area contributed by atoms with Gasteiger partial charge in [0.25, 0.3) is 0 Å². The van der Waals surface area contributed by atoms with E-state index >= 15 is 0 Å².